The van der Waals surface area contributed by atoms with Crippen LogP contribution in [0.2, 0.25) is 0 Å². The van der Waals surface area contributed by atoms with Crippen molar-refractivity contribution >= 4 is 0 Å². The third-order valence-electron chi connectivity index (χ3n) is 3.08. The summed E-state index contributed by atoms with van der Waals surface area (Å²) in [5.74, 6) is 1.05. The van der Waals surface area contributed by atoms with E-state index in [1.165, 1.54) is 5.56 Å². The van der Waals surface area contributed by atoms with Gasteiger partial charge in [0.05, 0.1) is 0 Å². The second kappa shape index (κ2) is 7.39. The first-order valence-electron chi connectivity index (χ1n) is 6.93. The fourth-order valence-electron chi connectivity index (χ4n) is 2.18. The Balaban J connectivity index is 1.54. The van der Waals surface area contributed by atoms with E-state index in [9.17, 15) is 0 Å². The topological polar surface area (TPSA) is 30.5 Å². The third-order valence-corrected chi connectivity index (χ3v) is 3.08. The van der Waals surface area contributed by atoms with Gasteiger partial charge in [-0.2, -0.15) is 0 Å². The Labute approximate surface area is 109 Å². The van der Waals surface area contributed by atoms with Gasteiger partial charge < -0.3 is 14.8 Å². The monoisotopic (exact) mass is 249 g/mol. The van der Waals surface area contributed by atoms with Gasteiger partial charge in [-0.15, -0.1) is 0 Å². The molecule has 0 bridgehead atoms. The molecular formula is C15H23NO2. The maximum absolute atomic E-state index is 5.86. The molecular weight excluding hydrogens is 226 g/mol. The lowest BCUT2D eigenvalue weighted by Gasteiger charge is -2.11. The van der Waals surface area contributed by atoms with Crippen LogP contribution in [0.3, 0.4) is 0 Å². The molecule has 0 aliphatic carbocycles. The fraction of sp³-hybridized carbons (Fsp3) is 0.600. The van der Waals surface area contributed by atoms with Crippen LogP contribution in [-0.4, -0.2) is 32.4 Å². The van der Waals surface area contributed by atoms with Crippen LogP contribution >= 0.6 is 0 Å². The molecule has 1 unspecified atom stereocenters. The predicted molar refractivity (Wildman–Crippen MR) is 73.2 cm³/mol. The van der Waals surface area contributed by atoms with Crippen LogP contribution in [0.15, 0.2) is 24.3 Å². The van der Waals surface area contributed by atoms with Crippen LogP contribution in [0.5, 0.6) is 5.75 Å². The first-order valence-corrected chi connectivity index (χ1v) is 6.93. The molecule has 100 valence electrons. The fourth-order valence-corrected chi connectivity index (χ4v) is 2.18. The van der Waals surface area contributed by atoms with Crippen LogP contribution in [0.25, 0.3) is 0 Å². The third kappa shape index (κ3) is 4.00. The number of hydrogen-bond donors (Lipinski definition) is 1. The Morgan fingerprint density at radius 1 is 1.33 bits per heavy atom. The van der Waals surface area contributed by atoms with E-state index < -0.39 is 0 Å². The zero-order valence-electron chi connectivity index (χ0n) is 11.2. The molecule has 18 heavy (non-hydrogen) atoms. The van der Waals surface area contributed by atoms with Gasteiger partial charge in [0.2, 0.25) is 0 Å². The highest BCUT2D eigenvalue weighted by molar-refractivity contribution is 5.37. The normalized spacial score (nSPS) is 17.5. The molecule has 0 spiro atoms. The lowest BCUT2D eigenvalue weighted by atomic mass is 10.1. The zero-order valence-corrected chi connectivity index (χ0v) is 11.2. The Bertz CT molecular complexity index is 329. The van der Waals surface area contributed by atoms with Gasteiger partial charge in [0.1, 0.15) is 11.9 Å². The summed E-state index contributed by atoms with van der Waals surface area (Å²) in [4.78, 5) is 0. The van der Waals surface area contributed by atoms with Crippen LogP contribution in [0.4, 0.5) is 0 Å². The van der Waals surface area contributed by atoms with E-state index in [0.29, 0.717) is 6.10 Å². The Hall–Kier alpha value is -1.06. The van der Waals surface area contributed by atoms with E-state index in [4.69, 9.17) is 9.47 Å². The van der Waals surface area contributed by atoms with Crippen LogP contribution in [0, 0.1) is 0 Å². The maximum atomic E-state index is 5.86. The smallest absolute Gasteiger partial charge is 0.123 e. The van der Waals surface area contributed by atoms with Gasteiger partial charge in [0.25, 0.3) is 0 Å². The number of ether oxygens (including phenoxy) is 2. The SMILES string of the molecule is CCCOCCCNCC1Cc2ccccc2O1. The van der Waals surface area contributed by atoms with Crippen molar-refractivity contribution in [2.75, 3.05) is 26.3 Å². The van der Waals surface area contributed by atoms with Gasteiger partial charge >= 0.3 is 0 Å². The van der Waals surface area contributed by atoms with E-state index in [1.807, 2.05) is 12.1 Å². The number of nitrogens with one attached hydrogen (secondary N) is 1. The van der Waals surface area contributed by atoms with E-state index in [1.54, 1.807) is 0 Å². The first-order chi connectivity index (χ1) is 8.90. The average Bonchev–Trinajstić information content (AvgIpc) is 2.80. The zero-order chi connectivity index (χ0) is 12.6. The van der Waals surface area contributed by atoms with E-state index in [0.717, 1.165) is 51.3 Å². The molecule has 1 aromatic carbocycles. The van der Waals surface area contributed by atoms with Crippen molar-refractivity contribution in [2.24, 2.45) is 0 Å². The van der Waals surface area contributed by atoms with Crippen molar-refractivity contribution in [3.05, 3.63) is 29.8 Å². The molecule has 2 rings (SSSR count). The maximum Gasteiger partial charge on any atom is 0.123 e. The van der Waals surface area contributed by atoms with Crippen molar-refractivity contribution in [3.63, 3.8) is 0 Å². The molecule has 0 aromatic heterocycles. The molecule has 0 saturated carbocycles. The Kier molecular flexibility index (Phi) is 5.49. The summed E-state index contributed by atoms with van der Waals surface area (Å²) >= 11 is 0. The van der Waals surface area contributed by atoms with Crippen LogP contribution in [0.1, 0.15) is 25.3 Å². The van der Waals surface area contributed by atoms with Crippen LogP contribution in [-0.2, 0) is 11.2 Å². The lowest BCUT2D eigenvalue weighted by molar-refractivity contribution is 0.131. The summed E-state index contributed by atoms with van der Waals surface area (Å²) < 4.78 is 11.3. The highest BCUT2D eigenvalue weighted by atomic mass is 16.5. The molecule has 0 fully saturated rings. The van der Waals surface area contributed by atoms with Gasteiger partial charge in [-0.05, 0) is 31.0 Å². The summed E-state index contributed by atoms with van der Waals surface area (Å²) in [6, 6.07) is 8.30. The molecule has 1 heterocycles. The van der Waals surface area contributed by atoms with Gasteiger partial charge in [-0.3, -0.25) is 0 Å². The highest BCUT2D eigenvalue weighted by Gasteiger charge is 2.21. The molecule has 1 aromatic rings. The second-order valence-corrected chi connectivity index (χ2v) is 4.72. The average molecular weight is 249 g/mol. The number of hydrogen-bond acceptors (Lipinski definition) is 3. The van der Waals surface area contributed by atoms with Crippen molar-refractivity contribution in [1.82, 2.24) is 5.32 Å². The molecule has 3 nitrogen and oxygen atoms in total. The van der Waals surface area contributed by atoms with E-state index in [-0.39, 0.29) is 0 Å². The molecule has 1 aliphatic rings. The minimum atomic E-state index is 0.291. The van der Waals surface area contributed by atoms with Gasteiger partial charge in [-0.1, -0.05) is 25.1 Å². The summed E-state index contributed by atoms with van der Waals surface area (Å²) in [7, 11) is 0. The molecule has 0 amide bonds. The summed E-state index contributed by atoms with van der Waals surface area (Å²) in [5, 5.41) is 3.43. The van der Waals surface area contributed by atoms with E-state index >= 15 is 0 Å². The quantitative estimate of drug-likeness (QED) is 0.718. The first kappa shape index (κ1) is 13.4. The molecule has 1 aliphatic heterocycles. The molecule has 3 heteroatoms. The summed E-state index contributed by atoms with van der Waals surface area (Å²) in [6.45, 7) is 5.78. The summed E-state index contributed by atoms with van der Waals surface area (Å²) in [6.07, 6.45) is 3.48. The van der Waals surface area contributed by atoms with Crippen molar-refractivity contribution in [1.29, 1.82) is 0 Å². The van der Waals surface area contributed by atoms with Gasteiger partial charge in [0.15, 0.2) is 0 Å². The van der Waals surface area contributed by atoms with Gasteiger partial charge in [0, 0.05) is 26.2 Å². The minimum Gasteiger partial charge on any atom is -0.488 e. The number of para-hydroxylation sites is 1. The van der Waals surface area contributed by atoms with Crippen molar-refractivity contribution in [2.45, 2.75) is 32.3 Å². The van der Waals surface area contributed by atoms with Crippen LogP contribution < -0.4 is 10.1 Å². The molecule has 1 N–H and O–H groups in total. The lowest BCUT2D eigenvalue weighted by Crippen LogP contribution is -2.31. The molecule has 0 saturated heterocycles. The number of fused-ring (bicyclic) bond motifs is 1. The largest absolute Gasteiger partial charge is 0.488 e. The van der Waals surface area contributed by atoms with Crippen molar-refractivity contribution < 1.29 is 9.47 Å². The number of benzene rings is 1. The molecule has 0 radical (unpaired) electrons. The minimum absolute atomic E-state index is 0.291. The Morgan fingerprint density at radius 2 is 2.22 bits per heavy atom. The highest BCUT2D eigenvalue weighted by Crippen LogP contribution is 2.27. The summed E-state index contributed by atoms with van der Waals surface area (Å²) in [5.41, 5.74) is 1.33. The standard InChI is InChI=1S/C15H23NO2/c1-2-9-17-10-5-8-16-12-14-11-13-6-3-4-7-15(13)18-14/h3-4,6-7,14,16H,2,5,8-12H2,1H3. The van der Waals surface area contributed by atoms with E-state index in [2.05, 4.69) is 24.4 Å². The predicted octanol–water partition coefficient (Wildman–Crippen LogP) is 2.40. The second-order valence-electron chi connectivity index (χ2n) is 4.72. The number of rotatable bonds is 8. The Morgan fingerprint density at radius 3 is 3.06 bits per heavy atom. The molecule has 1 atom stereocenters. The van der Waals surface area contributed by atoms with Gasteiger partial charge in [-0.25, -0.2) is 0 Å². The van der Waals surface area contributed by atoms with Crippen molar-refractivity contribution in [3.8, 4) is 5.75 Å².